The van der Waals surface area contributed by atoms with Gasteiger partial charge in [-0.05, 0) is 25.0 Å². The molecule has 0 spiro atoms. The Morgan fingerprint density at radius 2 is 1.91 bits per heavy atom. The second-order valence-electron chi connectivity index (χ2n) is 8.50. The van der Waals surface area contributed by atoms with Gasteiger partial charge in [0, 0.05) is 56.0 Å². The number of hydrogen-bond donors (Lipinski definition) is 1. The molecule has 0 bridgehead atoms. The largest absolute Gasteiger partial charge is 0.451 e. The summed E-state index contributed by atoms with van der Waals surface area (Å²) in [5.74, 6) is 0.469. The lowest BCUT2D eigenvalue weighted by Gasteiger charge is -2.30. The van der Waals surface area contributed by atoms with E-state index in [0.29, 0.717) is 31.1 Å². The third kappa shape index (κ3) is 5.10. The van der Waals surface area contributed by atoms with Gasteiger partial charge in [-0.15, -0.1) is 11.3 Å². The SMILES string of the molecule is O=C(NCCN1CCOCC1)c1csc(C2CCN(C(=O)c3cc4ccccc4o3)CC2)n1. The van der Waals surface area contributed by atoms with E-state index in [2.05, 4.69) is 15.2 Å². The number of morpholine rings is 1. The summed E-state index contributed by atoms with van der Waals surface area (Å²) >= 11 is 1.53. The number of hydrogen-bond acceptors (Lipinski definition) is 7. The average Bonchev–Trinajstić information content (AvgIpc) is 3.52. The van der Waals surface area contributed by atoms with Gasteiger partial charge in [-0.1, -0.05) is 18.2 Å². The molecule has 0 saturated carbocycles. The summed E-state index contributed by atoms with van der Waals surface area (Å²) in [6.07, 6.45) is 1.66. The summed E-state index contributed by atoms with van der Waals surface area (Å²) in [5, 5.41) is 6.73. The van der Waals surface area contributed by atoms with Gasteiger partial charge >= 0.3 is 0 Å². The van der Waals surface area contributed by atoms with Gasteiger partial charge in [-0.2, -0.15) is 0 Å². The topological polar surface area (TPSA) is 87.9 Å². The number of piperidine rings is 1. The Hall–Kier alpha value is -2.75. The minimum Gasteiger partial charge on any atom is -0.451 e. The van der Waals surface area contributed by atoms with Gasteiger partial charge in [0.05, 0.1) is 18.2 Å². The Balaban J connectivity index is 1.11. The van der Waals surface area contributed by atoms with Crippen LogP contribution >= 0.6 is 11.3 Å². The minimum absolute atomic E-state index is 0.0656. The Morgan fingerprint density at radius 3 is 2.70 bits per heavy atom. The van der Waals surface area contributed by atoms with Crippen LogP contribution in [0.15, 0.2) is 40.1 Å². The van der Waals surface area contributed by atoms with Crippen LogP contribution in [0.25, 0.3) is 11.0 Å². The van der Waals surface area contributed by atoms with Crippen molar-refractivity contribution in [2.24, 2.45) is 0 Å². The van der Waals surface area contributed by atoms with Gasteiger partial charge in [0.15, 0.2) is 5.76 Å². The third-order valence-electron chi connectivity index (χ3n) is 6.34. The number of fused-ring (bicyclic) bond motifs is 1. The highest BCUT2D eigenvalue weighted by Gasteiger charge is 2.28. The molecule has 1 aromatic carbocycles. The Labute approximate surface area is 196 Å². The van der Waals surface area contributed by atoms with E-state index in [1.54, 1.807) is 0 Å². The molecule has 2 amide bonds. The molecule has 3 aromatic rings. The van der Waals surface area contributed by atoms with Crippen molar-refractivity contribution >= 4 is 34.1 Å². The molecule has 0 radical (unpaired) electrons. The Kier molecular flexibility index (Phi) is 6.70. The van der Waals surface area contributed by atoms with E-state index < -0.39 is 0 Å². The van der Waals surface area contributed by atoms with Gasteiger partial charge in [0.2, 0.25) is 0 Å². The summed E-state index contributed by atoms with van der Waals surface area (Å²) in [6, 6.07) is 9.47. The molecule has 0 aliphatic carbocycles. The first-order chi connectivity index (χ1) is 16.2. The number of ether oxygens (including phenoxy) is 1. The van der Waals surface area contributed by atoms with Gasteiger partial charge in [0.25, 0.3) is 11.8 Å². The highest BCUT2D eigenvalue weighted by molar-refractivity contribution is 7.09. The van der Waals surface area contributed by atoms with Crippen LogP contribution in [0.3, 0.4) is 0 Å². The summed E-state index contributed by atoms with van der Waals surface area (Å²) in [5.41, 5.74) is 1.21. The predicted molar refractivity (Wildman–Crippen MR) is 126 cm³/mol. The van der Waals surface area contributed by atoms with E-state index in [-0.39, 0.29) is 17.7 Å². The summed E-state index contributed by atoms with van der Waals surface area (Å²) in [4.78, 5) is 34.1. The number of nitrogens with zero attached hydrogens (tertiary/aromatic N) is 3. The second kappa shape index (κ2) is 10.0. The predicted octanol–water partition coefficient (Wildman–Crippen LogP) is 2.97. The van der Waals surface area contributed by atoms with Crippen molar-refractivity contribution in [2.45, 2.75) is 18.8 Å². The summed E-state index contributed by atoms with van der Waals surface area (Å²) in [7, 11) is 0. The molecule has 2 aromatic heterocycles. The lowest BCUT2D eigenvalue weighted by atomic mass is 9.97. The number of rotatable bonds is 6. The molecule has 2 aliphatic heterocycles. The lowest BCUT2D eigenvalue weighted by Crippen LogP contribution is -2.41. The number of thiazole rings is 1. The van der Waals surface area contributed by atoms with Crippen LogP contribution in [0, 0.1) is 0 Å². The van der Waals surface area contributed by atoms with Crippen LogP contribution in [0.1, 0.15) is 44.8 Å². The molecular formula is C24H28N4O4S. The molecule has 33 heavy (non-hydrogen) atoms. The number of furan rings is 1. The average molecular weight is 469 g/mol. The lowest BCUT2D eigenvalue weighted by molar-refractivity contribution is 0.0383. The van der Waals surface area contributed by atoms with Gasteiger partial charge in [-0.3, -0.25) is 14.5 Å². The smallest absolute Gasteiger partial charge is 0.289 e. The zero-order valence-electron chi connectivity index (χ0n) is 18.5. The molecular weight excluding hydrogens is 440 g/mol. The molecule has 1 N–H and O–H groups in total. The summed E-state index contributed by atoms with van der Waals surface area (Å²) in [6.45, 7) is 6.07. The zero-order valence-corrected chi connectivity index (χ0v) is 19.3. The summed E-state index contributed by atoms with van der Waals surface area (Å²) < 4.78 is 11.1. The van der Waals surface area contributed by atoms with Crippen LogP contribution in [0.2, 0.25) is 0 Å². The molecule has 2 aliphatic rings. The van der Waals surface area contributed by atoms with Crippen molar-refractivity contribution in [3.8, 4) is 0 Å². The number of carbonyl (C=O) groups is 2. The van der Waals surface area contributed by atoms with Crippen molar-refractivity contribution in [3.05, 3.63) is 52.2 Å². The van der Waals surface area contributed by atoms with E-state index in [1.807, 2.05) is 40.6 Å². The van der Waals surface area contributed by atoms with Crippen molar-refractivity contribution in [1.29, 1.82) is 0 Å². The molecule has 174 valence electrons. The number of aromatic nitrogens is 1. The third-order valence-corrected chi connectivity index (χ3v) is 7.35. The second-order valence-corrected chi connectivity index (χ2v) is 9.39. The fraction of sp³-hybridized carbons (Fsp3) is 0.458. The van der Waals surface area contributed by atoms with E-state index in [0.717, 1.165) is 61.7 Å². The van der Waals surface area contributed by atoms with Gasteiger partial charge in [-0.25, -0.2) is 4.98 Å². The standard InChI is InChI=1S/C24H28N4O4S/c29-22(25-7-10-27-11-13-31-14-12-27)19-16-33-23(26-19)17-5-8-28(9-6-17)24(30)21-15-18-3-1-2-4-20(18)32-21/h1-4,15-17H,5-14H2,(H,25,29). The van der Waals surface area contributed by atoms with Crippen LogP contribution in [0.5, 0.6) is 0 Å². The Morgan fingerprint density at radius 1 is 1.12 bits per heavy atom. The first kappa shape index (κ1) is 22.1. The number of benzene rings is 1. The van der Waals surface area contributed by atoms with E-state index in [9.17, 15) is 9.59 Å². The maximum absolute atomic E-state index is 12.9. The molecule has 0 atom stereocenters. The maximum Gasteiger partial charge on any atom is 0.289 e. The van der Waals surface area contributed by atoms with E-state index in [1.165, 1.54) is 11.3 Å². The molecule has 9 heteroatoms. The number of nitrogens with one attached hydrogen (secondary N) is 1. The Bertz CT molecular complexity index is 1080. The maximum atomic E-state index is 12.9. The molecule has 2 fully saturated rings. The van der Waals surface area contributed by atoms with Crippen LogP contribution in [-0.2, 0) is 4.74 Å². The van der Waals surface area contributed by atoms with Gasteiger partial charge < -0.3 is 19.4 Å². The number of para-hydroxylation sites is 1. The van der Waals surface area contributed by atoms with Crippen molar-refractivity contribution < 1.29 is 18.7 Å². The van der Waals surface area contributed by atoms with Crippen LogP contribution < -0.4 is 5.32 Å². The van der Waals surface area contributed by atoms with Crippen LogP contribution in [0.4, 0.5) is 0 Å². The van der Waals surface area contributed by atoms with Crippen molar-refractivity contribution in [3.63, 3.8) is 0 Å². The quantitative estimate of drug-likeness (QED) is 0.599. The van der Waals surface area contributed by atoms with Crippen molar-refractivity contribution in [1.82, 2.24) is 20.1 Å². The number of amides is 2. The normalized spacial score (nSPS) is 18.0. The zero-order chi connectivity index (χ0) is 22.6. The molecule has 8 nitrogen and oxygen atoms in total. The minimum atomic E-state index is -0.122. The fourth-order valence-electron chi connectivity index (χ4n) is 4.39. The van der Waals surface area contributed by atoms with E-state index >= 15 is 0 Å². The first-order valence-electron chi connectivity index (χ1n) is 11.5. The first-order valence-corrected chi connectivity index (χ1v) is 12.4. The fourth-order valence-corrected chi connectivity index (χ4v) is 5.37. The molecule has 4 heterocycles. The number of likely N-dealkylation sites (tertiary alicyclic amines) is 1. The molecule has 5 rings (SSSR count). The monoisotopic (exact) mass is 468 g/mol. The van der Waals surface area contributed by atoms with Crippen molar-refractivity contribution in [2.75, 3.05) is 52.5 Å². The van der Waals surface area contributed by atoms with E-state index in [4.69, 9.17) is 9.15 Å². The highest BCUT2D eigenvalue weighted by Crippen LogP contribution is 2.31. The number of carbonyl (C=O) groups excluding carboxylic acids is 2. The highest BCUT2D eigenvalue weighted by atomic mass is 32.1. The molecule has 2 saturated heterocycles. The molecule has 0 unspecified atom stereocenters. The van der Waals surface area contributed by atoms with Crippen LogP contribution in [-0.4, -0.2) is 79.1 Å². The van der Waals surface area contributed by atoms with Gasteiger partial charge in [0.1, 0.15) is 11.3 Å².